The summed E-state index contributed by atoms with van der Waals surface area (Å²) in [6.07, 6.45) is 3.50. The van der Waals surface area contributed by atoms with E-state index in [0.29, 0.717) is 11.4 Å². The summed E-state index contributed by atoms with van der Waals surface area (Å²) >= 11 is 0. The standard InChI is InChI=1S/C15H13FN2O2/c1-9-7-17-13(18-8-9)11-4-2-10(3-5-11)12-6-15(12,16)14(19)20/h2-5,7-8,12H,6H2,1H3,(H,19,20)/t12?,15-/m0/s1. The lowest BCUT2D eigenvalue weighted by atomic mass is 10.1. The van der Waals surface area contributed by atoms with Crippen LogP contribution in [0.2, 0.25) is 0 Å². The average Bonchev–Trinajstić information content (AvgIpc) is 3.14. The first kappa shape index (κ1) is 12.7. The van der Waals surface area contributed by atoms with Gasteiger partial charge in [-0.1, -0.05) is 24.3 Å². The van der Waals surface area contributed by atoms with Crippen molar-refractivity contribution in [3.8, 4) is 11.4 Å². The maximum atomic E-state index is 13.8. The van der Waals surface area contributed by atoms with E-state index in [2.05, 4.69) is 9.97 Å². The van der Waals surface area contributed by atoms with Gasteiger partial charge in [0.25, 0.3) is 0 Å². The molecule has 1 unspecified atom stereocenters. The number of rotatable bonds is 3. The monoisotopic (exact) mass is 272 g/mol. The van der Waals surface area contributed by atoms with Crippen molar-refractivity contribution in [2.24, 2.45) is 0 Å². The quantitative estimate of drug-likeness (QED) is 0.933. The van der Waals surface area contributed by atoms with E-state index in [1.807, 2.05) is 6.92 Å². The zero-order chi connectivity index (χ0) is 14.3. The van der Waals surface area contributed by atoms with Gasteiger partial charge >= 0.3 is 5.97 Å². The molecule has 1 N–H and O–H groups in total. The first-order valence-corrected chi connectivity index (χ1v) is 6.32. The Labute approximate surface area is 115 Å². The van der Waals surface area contributed by atoms with Gasteiger partial charge in [-0.25, -0.2) is 19.2 Å². The van der Waals surface area contributed by atoms with E-state index in [-0.39, 0.29) is 6.42 Å². The molecule has 1 fully saturated rings. The predicted molar refractivity (Wildman–Crippen MR) is 71.0 cm³/mol. The molecule has 5 heteroatoms. The van der Waals surface area contributed by atoms with Gasteiger partial charge in [0.05, 0.1) is 0 Å². The number of carboxylic acid groups (broad SMARTS) is 1. The van der Waals surface area contributed by atoms with E-state index in [1.165, 1.54) is 0 Å². The lowest BCUT2D eigenvalue weighted by molar-refractivity contribution is -0.144. The Hall–Kier alpha value is -2.30. The molecule has 1 aromatic carbocycles. The van der Waals surface area contributed by atoms with Gasteiger partial charge in [-0.2, -0.15) is 0 Å². The van der Waals surface area contributed by atoms with E-state index in [4.69, 9.17) is 5.11 Å². The third-order valence-electron chi connectivity index (χ3n) is 3.60. The minimum atomic E-state index is -2.10. The van der Waals surface area contributed by atoms with Crippen LogP contribution in [0.4, 0.5) is 4.39 Å². The first-order valence-electron chi connectivity index (χ1n) is 6.32. The number of carboxylic acids is 1. The fourth-order valence-corrected chi connectivity index (χ4v) is 2.26. The number of nitrogens with zero attached hydrogens (tertiary/aromatic N) is 2. The highest BCUT2D eigenvalue weighted by molar-refractivity contribution is 5.83. The summed E-state index contributed by atoms with van der Waals surface area (Å²) in [4.78, 5) is 19.2. The number of hydrogen-bond acceptors (Lipinski definition) is 3. The van der Waals surface area contributed by atoms with Crippen LogP contribution in [0.3, 0.4) is 0 Å². The second kappa shape index (κ2) is 4.37. The number of halogens is 1. The Bertz CT molecular complexity index is 655. The molecule has 2 atom stereocenters. The topological polar surface area (TPSA) is 63.1 Å². The van der Waals surface area contributed by atoms with E-state index >= 15 is 0 Å². The van der Waals surface area contributed by atoms with Crippen LogP contribution in [0.15, 0.2) is 36.7 Å². The normalized spacial score (nSPS) is 24.4. The molecule has 0 aliphatic heterocycles. The molecule has 4 nitrogen and oxygen atoms in total. The highest BCUT2D eigenvalue weighted by Crippen LogP contribution is 2.54. The summed E-state index contributed by atoms with van der Waals surface area (Å²) in [5.41, 5.74) is 0.411. The maximum Gasteiger partial charge on any atom is 0.342 e. The molecule has 3 rings (SSSR count). The molecule has 20 heavy (non-hydrogen) atoms. The summed E-state index contributed by atoms with van der Waals surface area (Å²) < 4.78 is 13.8. The Kier molecular flexibility index (Phi) is 2.78. The van der Waals surface area contributed by atoms with E-state index < -0.39 is 17.6 Å². The van der Waals surface area contributed by atoms with Gasteiger partial charge in [0.1, 0.15) is 0 Å². The Morgan fingerprint density at radius 1 is 1.30 bits per heavy atom. The third-order valence-corrected chi connectivity index (χ3v) is 3.60. The molecule has 1 aliphatic rings. The minimum absolute atomic E-state index is 0.0444. The number of hydrogen-bond donors (Lipinski definition) is 1. The summed E-state index contributed by atoms with van der Waals surface area (Å²) in [6.45, 7) is 1.91. The third kappa shape index (κ3) is 2.05. The van der Waals surface area contributed by atoms with Crippen LogP contribution in [-0.2, 0) is 4.79 Å². The number of aliphatic carboxylic acids is 1. The molecule has 0 saturated heterocycles. The van der Waals surface area contributed by atoms with Crippen LogP contribution in [0.5, 0.6) is 0 Å². The lowest BCUT2D eigenvalue weighted by Crippen LogP contribution is -2.17. The minimum Gasteiger partial charge on any atom is -0.479 e. The van der Waals surface area contributed by atoms with Crippen LogP contribution in [0, 0.1) is 6.92 Å². The van der Waals surface area contributed by atoms with Crippen molar-refractivity contribution in [1.82, 2.24) is 9.97 Å². The van der Waals surface area contributed by atoms with Crippen molar-refractivity contribution in [3.63, 3.8) is 0 Å². The van der Waals surface area contributed by atoms with E-state index in [9.17, 15) is 9.18 Å². The molecule has 102 valence electrons. The van der Waals surface area contributed by atoms with E-state index in [0.717, 1.165) is 11.1 Å². The highest BCUT2D eigenvalue weighted by Gasteiger charge is 2.62. The molecule has 0 spiro atoms. The molecule has 1 aliphatic carbocycles. The first-order chi connectivity index (χ1) is 9.50. The largest absolute Gasteiger partial charge is 0.479 e. The Morgan fingerprint density at radius 2 is 1.90 bits per heavy atom. The summed E-state index contributed by atoms with van der Waals surface area (Å²) in [7, 11) is 0. The predicted octanol–water partition coefficient (Wildman–Crippen LogP) is 2.73. The van der Waals surface area contributed by atoms with Gasteiger partial charge < -0.3 is 5.11 Å². The SMILES string of the molecule is Cc1cnc(-c2ccc(C3C[C@@]3(F)C(=O)O)cc2)nc1. The zero-order valence-corrected chi connectivity index (χ0v) is 10.9. The lowest BCUT2D eigenvalue weighted by Gasteiger charge is -2.04. The number of carbonyl (C=O) groups is 1. The van der Waals surface area contributed by atoms with Crippen LogP contribution in [0.1, 0.15) is 23.5 Å². The molecule has 1 heterocycles. The van der Waals surface area contributed by atoms with Crippen molar-refractivity contribution in [2.75, 3.05) is 0 Å². The molecular formula is C15H13FN2O2. The smallest absolute Gasteiger partial charge is 0.342 e. The van der Waals surface area contributed by atoms with Gasteiger partial charge in [-0.15, -0.1) is 0 Å². The maximum absolute atomic E-state index is 13.8. The molecule has 2 aromatic rings. The van der Waals surface area contributed by atoms with Gasteiger partial charge in [0.2, 0.25) is 5.67 Å². The van der Waals surface area contributed by atoms with Crippen LogP contribution < -0.4 is 0 Å². The molecule has 0 bridgehead atoms. The van der Waals surface area contributed by atoms with Gasteiger partial charge in [-0.3, -0.25) is 0 Å². The Morgan fingerprint density at radius 3 is 2.40 bits per heavy atom. The van der Waals surface area contributed by atoms with Gasteiger partial charge in [0, 0.05) is 30.3 Å². The Balaban J connectivity index is 1.83. The van der Waals surface area contributed by atoms with Crippen molar-refractivity contribution >= 4 is 5.97 Å². The van der Waals surface area contributed by atoms with Crippen LogP contribution in [0.25, 0.3) is 11.4 Å². The molecular weight excluding hydrogens is 259 g/mol. The van der Waals surface area contributed by atoms with Crippen molar-refractivity contribution < 1.29 is 14.3 Å². The van der Waals surface area contributed by atoms with Crippen molar-refractivity contribution in [2.45, 2.75) is 24.9 Å². The van der Waals surface area contributed by atoms with Gasteiger partial charge in [0.15, 0.2) is 5.82 Å². The number of benzene rings is 1. The summed E-state index contributed by atoms with van der Waals surface area (Å²) in [5.74, 6) is -1.33. The van der Waals surface area contributed by atoms with Crippen molar-refractivity contribution in [3.05, 3.63) is 47.8 Å². The second-order valence-electron chi connectivity index (χ2n) is 5.13. The number of aryl methyl sites for hydroxylation is 1. The van der Waals surface area contributed by atoms with Crippen molar-refractivity contribution in [1.29, 1.82) is 0 Å². The van der Waals surface area contributed by atoms with Gasteiger partial charge in [-0.05, 0) is 18.1 Å². The molecule has 1 saturated carbocycles. The zero-order valence-electron chi connectivity index (χ0n) is 10.9. The molecule has 1 aromatic heterocycles. The summed E-state index contributed by atoms with van der Waals surface area (Å²) in [6, 6.07) is 7.07. The fourth-order valence-electron chi connectivity index (χ4n) is 2.26. The fraction of sp³-hybridized carbons (Fsp3) is 0.267. The number of aromatic nitrogens is 2. The van der Waals surface area contributed by atoms with Crippen LogP contribution >= 0.6 is 0 Å². The van der Waals surface area contributed by atoms with E-state index in [1.54, 1.807) is 36.7 Å². The second-order valence-corrected chi connectivity index (χ2v) is 5.13. The summed E-state index contributed by atoms with van der Waals surface area (Å²) in [5, 5.41) is 8.81. The average molecular weight is 272 g/mol. The number of alkyl halides is 1. The van der Waals surface area contributed by atoms with Crippen LogP contribution in [-0.4, -0.2) is 26.7 Å². The molecule has 0 radical (unpaired) electrons. The highest BCUT2D eigenvalue weighted by atomic mass is 19.1. The molecule has 0 amide bonds.